The normalized spacial score (nSPS) is 15.0. The Kier molecular flexibility index (Phi) is 6.53. The van der Waals surface area contributed by atoms with Crippen LogP contribution >= 0.6 is 11.3 Å². The summed E-state index contributed by atoms with van der Waals surface area (Å²) < 4.78 is 5.24. The first kappa shape index (κ1) is 22.0. The van der Waals surface area contributed by atoms with Gasteiger partial charge >= 0.3 is 0 Å². The highest BCUT2D eigenvalue weighted by atomic mass is 32.1. The average Bonchev–Trinajstić information content (AvgIpc) is 3.18. The minimum absolute atomic E-state index is 0.167. The molecule has 7 nitrogen and oxygen atoms in total. The fourth-order valence-corrected chi connectivity index (χ4v) is 4.85. The molecule has 0 saturated heterocycles. The molecule has 166 valence electrons. The van der Waals surface area contributed by atoms with Gasteiger partial charge in [0.2, 0.25) is 0 Å². The first-order chi connectivity index (χ1) is 15.4. The lowest BCUT2D eigenvalue weighted by atomic mass is 9.99. The molecule has 1 heterocycles. The molecule has 8 heteroatoms. The van der Waals surface area contributed by atoms with Gasteiger partial charge in [0.25, 0.3) is 11.8 Å². The van der Waals surface area contributed by atoms with E-state index in [1.165, 1.54) is 11.3 Å². The Morgan fingerprint density at radius 1 is 1.19 bits per heavy atom. The van der Waals surface area contributed by atoms with Crippen molar-refractivity contribution in [2.24, 2.45) is 5.73 Å². The Morgan fingerprint density at radius 2 is 2.00 bits per heavy atom. The van der Waals surface area contributed by atoms with Crippen molar-refractivity contribution in [3.63, 3.8) is 0 Å². The van der Waals surface area contributed by atoms with Gasteiger partial charge in [-0.3, -0.25) is 14.9 Å². The minimum atomic E-state index is -0.223. The van der Waals surface area contributed by atoms with Gasteiger partial charge in [0.1, 0.15) is 5.75 Å². The number of fused-ring (bicyclic) bond motifs is 1. The number of nitrogens with zero attached hydrogens (tertiary/aromatic N) is 1. The third-order valence-corrected chi connectivity index (χ3v) is 6.53. The van der Waals surface area contributed by atoms with Crippen molar-refractivity contribution < 1.29 is 14.3 Å². The van der Waals surface area contributed by atoms with Crippen LogP contribution in [-0.2, 0) is 19.4 Å². The molecule has 4 rings (SSSR count). The number of hydrogen-bond donors (Lipinski definition) is 3. The summed E-state index contributed by atoms with van der Waals surface area (Å²) in [5.41, 5.74) is 9.87. The number of benzene rings is 2. The summed E-state index contributed by atoms with van der Waals surface area (Å²) in [6.07, 6.45) is 2.59. The number of nitrogens with one attached hydrogen (secondary N) is 2. The van der Waals surface area contributed by atoms with Crippen LogP contribution in [0.15, 0.2) is 42.5 Å². The smallest absolute Gasteiger partial charge is 0.257 e. The second kappa shape index (κ2) is 9.50. The van der Waals surface area contributed by atoms with Gasteiger partial charge in [0, 0.05) is 28.6 Å². The van der Waals surface area contributed by atoms with E-state index < -0.39 is 0 Å². The Hall–Kier alpha value is -3.23. The lowest BCUT2D eigenvalue weighted by Gasteiger charge is -2.15. The number of ether oxygens (including phenoxy) is 1. The molecule has 0 spiro atoms. The molecule has 0 aliphatic heterocycles. The van der Waals surface area contributed by atoms with Gasteiger partial charge in [-0.05, 0) is 67.6 Å². The molecule has 0 saturated carbocycles. The monoisotopic (exact) mass is 450 g/mol. The summed E-state index contributed by atoms with van der Waals surface area (Å²) in [5, 5.41) is 6.39. The topological polar surface area (TPSA) is 106 Å². The van der Waals surface area contributed by atoms with Crippen LogP contribution in [0.25, 0.3) is 0 Å². The summed E-state index contributed by atoms with van der Waals surface area (Å²) in [6.45, 7) is 2.21. The van der Waals surface area contributed by atoms with Crippen molar-refractivity contribution in [3.8, 4) is 5.75 Å². The van der Waals surface area contributed by atoms with E-state index in [-0.39, 0.29) is 17.9 Å². The molecule has 1 atom stereocenters. The highest BCUT2D eigenvalue weighted by Gasteiger charge is 2.21. The van der Waals surface area contributed by atoms with Crippen LogP contribution in [0.3, 0.4) is 0 Å². The van der Waals surface area contributed by atoms with E-state index in [1.54, 1.807) is 43.5 Å². The predicted molar refractivity (Wildman–Crippen MR) is 125 cm³/mol. The summed E-state index contributed by atoms with van der Waals surface area (Å²) in [5.74, 6) is 0.334. The van der Waals surface area contributed by atoms with Crippen molar-refractivity contribution in [1.82, 2.24) is 10.3 Å². The Balaban J connectivity index is 1.38. The summed E-state index contributed by atoms with van der Waals surface area (Å²) >= 11 is 1.49. The molecule has 3 aromatic rings. The van der Waals surface area contributed by atoms with Gasteiger partial charge in [0.05, 0.1) is 12.8 Å². The van der Waals surface area contributed by atoms with Gasteiger partial charge in [0.15, 0.2) is 5.13 Å². The van der Waals surface area contributed by atoms with Crippen molar-refractivity contribution in [2.75, 3.05) is 12.4 Å². The van der Waals surface area contributed by atoms with E-state index in [2.05, 4.69) is 15.6 Å². The van der Waals surface area contributed by atoms with Gasteiger partial charge in [-0.25, -0.2) is 4.98 Å². The zero-order valence-electron chi connectivity index (χ0n) is 18.1. The highest BCUT2D eigenvalue weighted by molar-refractivity contribution is 7.15. The highest BCUT2D eigenvalue weighted by Crippen LogP contribution is 2.29. The Bertz CT molecular complexity index is 1160. The van der Waals surface area contributed by atoms with Crippen LogP contribution in [0.2, 0.25) is 0 Å². The van der Waals surface area contributed by atoms with Crippen LogP contribution < -0.4 is 21.1 Å². The number of hydrogen-bond acceptors (Lipinski definition) is 6. The Labute approximate surface area is 191 Å². The van der Waals surface area contributed by atoms with Gasteiger partial charge < -0.3 is 15.8 Å². The van der Waals surface area contributed by atoms with Gasteiger partial charge in [-0.1, -0.05) is 12.1 Å². The molecule has 1 unspecified atom stereocenters. The van der Waals surface area contributed by atoms with E-state index in [1.807, 2.05) is 13.0 Å². The van der Waals surface area contributed by atoms with Gasteiger partial charge in [-0.15, -0.1) is 11.3 Å². The molecule has 0 fully saturated rings. The molecule has 1 aromatic heterocycles. The number of nitrogens with two attached hydrogens (primary N) is 1. The predicted octanol–water partition coefficient (Wildman–Crippen LogP) is 3.46. The standard InChI is InChI=1S/C24H26N4O3S/c1-14-10-17(6-9-20(14)31-2)22(29)26-13-15-4-3-5-16(11-15)23(30)28-24-27-19-8-7-18(25)12-21(19)32-24/h3-6,9-11,18H,7-8,12-13,25H2,1-2H3,(H,26,29)(H,27,28,30). The number of amides is 2. The maximum Gasteiger partial charge on any atom is 0.257 e. The summed E-state index contributed by atoms with van der Waals surface area (Å²) in [7, 11) is 1.60. The van der Waals surface area contributed by atoms with E-state index in [0.29, 0.717) is 22.8 Å². The van der Waals surface area contributed by atoms with Crippen molar-refractivity contribution in [1.29, 1.82) is 0 Å². The van der Waals surface area contributed by atoms with E-state index >= 15 is 0 Å². The molecule has 2 aromatic carbocycles. The minimum Gasteiger partial charge on any atom is -0.496 e. The molecule has 2 amide bonds. The zero-order valence-corrected chi connectivity index (χ0v) is 18.9. The molecule has 0 bridgehead atoms. The molecular formula is C24H26N4O3S. The number of aryl methyl sites for hydroxylation is 2. The van der Waals surface area contributed by atoms with E-state index in [9.17, 15) is 9.59 Å². The lowest BCUT2D eigenvalue weighted by Crippen LogP contribution is -2.27. The molecule has 4 N–H and O–H groups in total. The number of methoxy groups -OCH3 is 1. The van der Waals surface area contributed by atoms with Crippen LogP contribution in [0.1, 0.15) is 48.8 Å². The maximum absolute atomic E-state index is 12.7. The fraction of sp³-hybridized carbons (Fsp3) is 0.292. The summed E-state index contributed by atoms with van der Waals surface area (Å²) in [4.78, 5) is 30.9. The fourth-order valence-electron chi connectivity index (χ4n) is 3.75. The van der Waals surface area contributed by atoms with Crippen molar-refractivity contribution >= 4 is 28.3 Å². The zero-order chi connectivity index (χ0) is 22.7. The Morgan fingerprint density at radius 3 is 2.78 bits per heavy atom. The summed E-state index contributed by atoms with van der Waals surface area (Å²) in [6, 6.07) is 12.7. The number of thiazole rings is 1. The quantitative estimate of drug-likeness (QED) is 0.533. The average molecular weight is 451 g/mol. The first-order valence-electron chi connectivity index (χ1n) is 10.5. The molecule has 32 heavy (non-hydrogen) atoms. The van der Waals surface area contributed by atoms with Crippen LogP contribution in [0.5, 0.6) is 5.75 Å². The largest absolute Gasteiger partial charge is 0.496 e. The van der Waals surface area contributed by atoms with Crippen LogP contribution in [-0.4, -0.2) is 29.9 Å². The number of carbonyl (C=O) groups excluding carboxylic acids is 2. The SMILES string of the molecule is COc1ccc(C(=O)NCc2cccc(C(=O)Nc3nc4c(s3)CC(N)CC4)c2)cc1C. The molecule has 1 aliphatic carbocycles. The maximum atomic E-state index is 12.7. The molecule has 0 radical (unpaired) electrons. The number of anilines is 1. The number of aromatic nitrogens is 1. The van der Waals surface area contributed by atoms with Gasteiger partial charge in [-0.2, -0.15) is 0 Å². The van der Waals surface area contributed by atoms with Crippen LogP contribution in [0, 0.1) is 6.92 Å². The third kappa shape index (κ3) is 4.98. The first-order valence-corrected chi connectivity index (χ1v) is 11.3. The second-order valence-corrected chi connectivity index (χ2v) is 9.00. The molecule has 1 aliphatic rings. The molecular weight excluding hydrogens is 424 g/mol. The van der Waals surface area contributed by atoms with E-state index in [4.69, 9.17) is 10.5 Å². The van der Waals surface area contributed by atoms with E-state index in [0.717, 1.165) is 46.7 Å². The third-order valence-electron chi connectivity index (χ3n) is 5.50. The van der Waals surface area contributed by atoms with Crippen molar-refractivity contribution in [2.45, 2.75) is 38.8 Å². The number of carbonyl (C=O) groups is 2. The lowest BCUT2D eigenvalue weighted by molar-refractivity contribution is 0.0950. The van der Waals surface area contributed by atoms with Crippen LogP contribution in [0.4, 0.5) is 5.13 Å². The number of rotatable bonds is 6. The second-order valence-electron chi connectivity index (χ2n) is 7.91. The van der Waals surface area contributed by atoms with Crippen molar-refractivity contribution in [3.05, 3.63) is 75.3 Å².